The molecule has 2 aliphatic rings. The van der Waals surface area contributed by atoms with Crippen molar-refractivity contribution in [2.24, 2.45) is 17.7 Å². The fourth-order valence-electron chi connectivity index (χ4n) is 4.02. The van der Waals surface area contributed by atoms with E-state index in [-0.39, 0.29) is 16.4 Å². The number of rotatable bonds is 13. The summed E-state index contributed by atoms with van der Waals surface area (Å²) < 4.78 is 174. The summed E-state index contributed by atoms with van der Waals surface area (Å²) in [5.74, 6) is -9.68. The van der Waals surface area contributed by atoms with Gasteiger partial charge in [-0.3, -0.25) is 4.79 Å². The van der Waals surface area contributed by atoms with Gasteiger partial charge in [-0.2, -0.15) is 4.31 Å². The van der Waals surface area contributed by atoms with Crippen LogP contribution in [0.4, 0.5) is 5.69 Å². The van der Waals surface area contributed by atoms with Crippen LogP contribution < -0.4 is 5.73 Å². The van der Waals surface area contributed by atoms with Crippen molar-refractivity contribution in [3.63, 3.8) is 0 Å². The van der Waals surface area contributed by atoms with E-state index in [2.05, 4.69) is 0 Å². The molecule has 214 valence electrons. The monoisotopic (exact) mass is 575 g/mol. The van der Waals surface area contributed by atoms with Crippen LogP contribution in [0.15, 0.2) is 59.5 Å². The topological polar surface area (TPSA) is 117 Å². The number of nitrogen functional groups attached to an aromatic ring is 1. The highest BCUT2D eigenvalue weighted by Gasteiger charge is 2.44. The predicted molar refractivity (Wildman–Crippen MR) is 147 cm³/mol. The largest absolute Gasteiger partial charge is 0.459 e. The fraction of sp³-hybridized carbons (Fsp3) is 0.552. The van der Waals surface area contributed by atoms with Crippen molar-refractivity contribution < 1.29 is 52.7 Å². The Kier molecular flexibility index (Phi) is 5.26. The van der Waals surface area contributed by atoms with Gasteiger partial charge in [-0.1, -0.05) is 44.1 Å². The molecule has 1 unspecified atom stereocenters. The molecule has 6 atom stereocenters. The number of anilines is 1. The van der Waals surface area contributed by atoms with Crippen molar-refractivity contribution in [1.29, 1.82) is 0 Å². The second-order valence-corrected chi connectivity index (χ2v) is 10.6. The SMILES string of the molecule is [2H]C([2H])([2H])C([2H])(C)C([2H])([2H])N(C[C@@H](OC)[C@@H](CC(=O)O[C@@]1([2H])C([2H])([2H])O[C@@]2([2H])OC([2H])([2H])C([2H])([2H])[C@]21[2H])Cc1ccccc1)S(=O)(=O)c1ccc(N)cc1. The number of carbonyl (C=O) groups is 1. The molecule has 2 saturated heterocycles. The summed E-state index contributed by atoms with van der Waals surface area (Å²) in [7, 11) is -3.98. The second kappa shape index (κ2) is 13.2. The Morgan fingerprint density at radius 3 is 2.72 bits per heavy atom. The summed E-state index contributed by atoms with van der Waals surface area (Å²) in [6.07, 6.45) is -13.7. The first-order valence-electron chi connectivity index (χ1n) is 19.4. The average molecular weight is 576 g/mol. The van der Waals surface area contributed by atoms with Crippen LogP contribution in [-0.4, -0.2) is 70.4 Å². The van der Waals surface area contributed by atoms with E-state index < -0.39 is 103 Å². The average Bonchev–Trinajstić information content (AvgIpc) is 3.21. The number of ether oxygens (including phenoxy) is 4. The van der Waals surface area contributed by atoms with Gasteiger partial charge in [0.25, 0.3) is 0 Å². The molecule has 2 fully saturated rings. The lowest BCUT2D eigenvalue weighted by molar-refractivity contribution is -0.153. The lowest BCUT2D eigenvalue weighted by atomic mass is 9.90. The third-order valence-electron chi connectivity index (χ3n) is 5.91. The summed E-state index contributed by atoms with van der Waals surface area (Å²) >= 11 is 0. The molecule has 2 aromatic carbocycles. The minimum Gasteiger partial charge on any atom is -0.459 e. The van der Waals surface area contributed by atoms with E-state index in [1.807, 2.05) is 0 Å². The number of hydrogen-bond acceptors (Lipinski definition) is 8. The van der Waals surface area contributed by atoms with Gasteiger partial charge in [-0.15, -0.1) is 0 Å². The van der Waals surface area contributed by atoms with Crippen molar-refractivity contribution in [2.75, 3.05) is 39.0 Å². The van der Waals surface area contributed by atoms with E-state index in [1.54, 1.807) is 30.3 Å². The minimum absolute atomic E-state index is 0.123. The molecule has 0 saturated carbocycles. The number of nitrogens with two attached hydrogens (primary N) is 1. The Morgan fingerprint density at radius 1 is 1.28 bits per heavy atom. The molecule has 0 aliphatic carbocycles. The highest BCUT2D eigenvalue weighted by molar-refractivity contribution is 7.89. The summed E-state index contributed by atoms with van der Waals surface area (Å²) in [6.45, 7) is -14.4. The molecule has 2 N–H and O–H groups in total. The quantitative estimate of drug-likeness (QED) is 0.285. The van der Waals surface area contributed by atoms with Crippen molar-refractivity contribution in [1.82, 2.24) is 4.31 Å². The van der Waals surface area contributed by atoms with Crippen LogP contribution >= 0.6 is 0 Å². The number of fused-ring (bicyclic) bond motifs is 1. The van der Waals surface area contributed by atoms with Gasteiger partial charge in [0.05, 0.1) is 44.7 Å². The van der Waals surface area contributed by atoms with Gasteiger partial charge in [0.15, 0.2) is 6.27 Å². The molecule has 2 aromatic rings. The second-order valence-electron chi connectivity index (χ2n) is 8.77. The normalized spacial score (nSPS) is 40.0. The molecule has 0 amide bonds. The Bertz CT molecular complexity index is 1820. The van der Waals surface area contributed by atoms with Crippen LogP contribution in [0.25, 0.3) is 0 Å². The van der Waals surface area contributed by atoms with E-state index >= 15 is 0 Å². The molecule has 0 bridgehead atoms. The molecule has 0 aromatic heterocycles. The Labute approximate surface area is 252 Å². The maximum Gasteiger partial charge on any atom is 0.306 e. The lowest BCUT2D eigenvalue weighted by Gasteiger charge is -2.32. The van der Waals surface area contributed by atoms with Crippen LogP contribution in [0.2, 0.25) is 0 Å². The molecule has 2 aliphatic heterocycles. The fourth-order valence-corrected chi connectivity index (χ4v) is 5.36. The predicted octanol–water partition coefficient (Wildman–Crippen LogP) is 3.48. The number of methoxy groups -OCH3 is 1. The maximum absolute atomic E-state index is 14.2. The molecule has 10 heteroatoms. The van der Waals surface area contributed by atoms with E-state index in [0.29, 0.717) is 12.5 Å². The molecule has 4 rings (SSSR count). The van der Waals surface area contributed by atoms with Crippen LogP contribution in [0.1, 0.15) is 52.7 Å². The zero-order chi connectivity index (χ0) is 41.4. The molecule has 39 heavy (non-hydrogen) atoms. The van der Waals surface area contributed by atoms with Gasteiger partial charge in [-0.25, -0.2) is 8.42 Å². The summed E-state index contributed by atoms with van der Waals surface area (Å²) in [4.78, 5) is 13.3. The number of benzene rings is 2. The van der Waals surface area contributed by atoms with E-state index in [1.165, 1.54) is 12.1 Å². The van der Waals surface area contributed by atoms with Crippen LogP contribution in [0, 0.1) is 17.7 Å². The Morgan fingerprint density at radius 2 is 2.03 bits per heavy atom. The van der Waals surface area contributed by atoms with Crippen molar-refractivity contribution in [3.05, 3.63) is 60.2 Å². The molecule has 2 heterocycles. The minimum atomic E-state index is -5.05. The van der Waals surface area contributed by atoms with E-state index in [4.69, 9.17) is 45.2 Å². The first-order valence-corrected chi connectivity index (χ1v) is 13.3. The lowest BCUT2D eigenvalue weighted by Crippen LogP contribution is -2.44. The zero-order valence-electron chi connectivity index (χ0n) is 36.3. The Balaban J connectivity index is 1.81. The van der Waals surface area contributed by atoms with Gasteiger partial charge in [-0.05, 0) is 48.5 Å². The smallest absolute Gasteiger partial charge is 0.306 e. The standard InChI is InChI=1S/C29H40N2O7S/c1-20(2)17-31(39(33,34)24-11-9-23(30)10-12-24)18-26(35-3)22(15-21-7-5-4-6-8-21)16-28(32)38-27-19-37-29-25(27)13-14-36-29/h4-12,20,22,25-27,29H,13-19,30H2,1-3H3/t22-,25+,26-,27+,29-/m1/s1/i1D3,13D2,14D2,17D2,19D2,20D,25D,27D,29D/t20?,22-,25+,26-,27+,29-. The van der Waals surface area contributed by atoms with Gasteiger partial charge in [0.1, 0.15) is 6.08 Å². The molecular formula is C29H40N2O7S. The third kappa shape index (κ3) is 7.58. The summed E-state index contributed by atoms with van der Waals surface area (Å²) in [5.41, 5.74) is 6.34. The number of carbonyl (C=O) groups excluding carboxylic acids is 1. The zero-order valence-corrected chi connectivity index (χ0v) is 22.1. The molecular weight excluding hydrogens is 520 g/mol. The third-order valence-corrected chi connectivity index (χ3v) is 7.60. The highest BCUT2D eigenvalue weighted by Crippen LogP contribution is 2.34. The van der Waals surface area contributed by atoms with Crippen LogP contribution in [0.5, 0.6) is 0 Å². The summed E-state index contributed by atoms with van der Waals surface area (Å²) in [6, 6.07) is 12.5. The Hall–Kier alpha value is -2.50. The molecule has 0 spiro atoms. The molecule has 9 nitrogen and oxygen atoms in total. The molecule has 0 radical (unpaired) electrons. The van der Waals surface area contributed by atoms with Crippen LogP contribution in [-0.2, 0) is 40.2 Å². The van der Waals surface area contributed by atoms with E-state index in [9.17, 15) is 13.2 Å². The van der Waals surface area contributed by atoms with E-state index in [0.717, 1.165) is 19.2 Å². The van der Waals surface area contributed by atoms with Gasteiger partial charge >= 0.3 is 5.97 Å². The van der Waals surface area contributed by atoms with Crippen molar-refractivity contribution in [2.45, 2.75) is 56.3 Å². The highest BCUT2D eigenvalue weighted by atomic mass is 32.2. The maximum atomic E-state index is 14.2. The number of sulfonamides is 1. The number of nitrogens with zero attached hydrogens (tertiary/aromatic N) is 1. The van der Waals surface area contributed by atoms with Gasteiger partial charge < -0.3 is 24.7 Å². The number of esters is 1. The van der Waals surface area contributed by atoms with Crippen LogP contribution in [0.3, 0.4) is 0 Å². The van der Waals surface area contributed by atoms with Crippen molar-refractivity contribution >= 4 is 21.7 Å². The van der Waals surface area contributed by atoms with Gasteiger partial charge in [0, 0.05) is 44.1 Å². The van der Waals surface area contributed by atoms with Gasteiger partial charge in [0.2, 0.25) is 10.0 Å². The first kappa shape index (κ1) is 15.5. The number of hydrogen-bond donors (Lipinski definition) is 1. The first-order chi connectivity index (χ1) is 24.3. The summed E-state index contributed by atoms with van der Waals surface area (Å²) in [5, 5.41) is 0. The van der Waals surface area contributed by atoms with Crippen molar-refractivity contribution in [3.8, 4) is 0 Å².